The van der Waals surface area contributed by atoms with Gasteiger partial charge in [0, 0.05) is 26.2 Å². The van der Waals surface area contributed by atoms with Crippen molar-refractivity contribution in [3.63, 3.8) is 0 Å². The molecule has 2 aromatic carbocycles. The number of nitrogens with one attached hydrogen (secondary N) is 1. The number of aliphatic imine (C=N–C) groups is 1. The summed E-state index contributed by atoms with van der Waals surface area (Å²) in [4.78, 5) is 7.08. The molecule has 3 rings (SSSR count). The van der Waals surface area contributed by atoms with Gasteiger partial charge in [-0.15, -0.1) is 0 Å². The first-order chi connectivity index (χ1) is 11.4. The SMILES string of the molecule is c1ccc(CCCN2CCCN=C2NCc2ccccc2)cc1. The molecular weight excluding hydrogens is 282 g/mol. The molecule has 0 saturated carbocycles. The molecule has 0 radical (unpaired) electrons. The maximum absolute atomic E-state index is 4.68. The van der Waals surface area contributed by atoms with Gasteiger partial charge in [-0.2, -0.15) is 0 Å². The zero-order valence-corrected chi connectivity index (χ0v) is 13.6. The summed E-state index contributed by atoms with van der Waals surface area (Å²) in [6.07, 6.45) is 3.45. The largest absolute Gasteiger partial charge is 0.352 e. The Morgan fingerprint density at radius 3 is 2.35 bits per heavy atom. The first-order valence-electron chi connectivity index (χ1n) is 8.53. The van der Waals surface area contributed by atoms with Crippen molar-refractivity contribution in [1.82, 2.24) is 10.2 Å². The standard InChI is InChI=1S/C20H25N3/c1-3-9-18(10-4-1)13-7-15-23-16-8-14-21-20(23)22-17-19-11-5-2-6-12-19/h1-6,9-12H,7-8,13-17H2,(H,21,22). The maximum Gasteiger partial charge on any atom is 0.194 e. The van der Waals surface area contributed by atoms with E-state index in [1.807, 2.05) is 0 Å². The van der Waals surface area contributed by atoms with E-state index in [1.54, 1.807) is 0 Å². The van der Waals surface area contributed by atoms with Gasteiger partial charge in [0.05, 0.1) is 0 Å². The molecule has 0 aliphatic carbocycles. The number of benzene rings is 2. The highest BCUT2D eigenvalue weighted by atomic mass is 15.3. The minimum absolute atomic E-state index is 0.842. The van der Waals surface area contributed by atoms with Crippen LogP contribution < -0.4 is 5.32 Å². The van der Waals surface area contributed by atoms with Crippen LogP contribution in [0.15, 0.2) is 65.7 Å². The van der Waals surface area contributed by atoms with Crippen molar-refractivity contribution in [3.05, 3.63) is 71.8 Å². The lowest BCUT2D eigenvalue weighted by Gasteiger charge is -2.30. The zero-order valence-electron chi connectivity index (χ0n) is 13.6. The quantitative estimate of drug-likeness (QED) is 0.885. The highest BCUT2D eigenvalue weighted by Gasteiger charge is 2.14. The lowest BCUT2D eigenvalue weighted by molar-refractivity contribution is 0.372. The van der Waals surface area contributed by atoms with Crippen LogP contribution in [0.4, 0.5) is 0 Å². The minimum Gasteiger partial charge on any atom is -0.352 e. The molecule has 1 aliphatic rings. The Morgan fingerprint density at radius 2 is 1.61 bits per heavy atom. The molecule has 2 aromatic rings. The van der Waals surface area contributed by atoms with Crippen molar-refractivity contribution in [2.75, 3.05) is 19.6 Å². The minimum atomic E-state index is 0.842. The lowest BCUT2D eigenvalue weighted by Crippen LogP contribution is -2.44. The first kappa shape index (κ1) is 15.6. The van der Waals surface area contributed by atoms with Crippen molar-refractivity contribution in [2.45, 2.75) is 25.8 Å². The van der Waals surface area contributed by atoms with Crippen LogP contribution in [0.3, 0.4) is 0 Å². The van der Waals surface area contributed by atoms with E-state index in [0.29, 0.717) is 0 Å². The van der Waals surface area contributed by atoms with E-state index in [2.05, 4.69) is 75.9 Å². The van der Waals surface area contributed by atoms with E-state index < -0.39 is 0 Å². The molecule has 1 heterocycles. The van der Waals surface area contributed by atoms with Crippen molar-refractivity contribution in [2.24, 2.45) is 4.99 Å². The van der Waals surface area contributed by atoms with E-state index in [-0.39, 0.29) is 0 Å². The molecule has 3 heteroatoms. The van der Waals surface area contributed by atoms with Crippen LogP contribution in [0.25, 0.3) is 0 Å². The van der Waals surface area contributed by atoms with Crippen molar-refractivity contribution in [3.8, 4) is 0 Å². The smallest absolute Gasteiger partial charge is 0.194 e. The molecule has 3 nitrogen and oxygen atoms in total. The Labute approximate surface area is 139 Å². The molecule has 1 N–H and O–H groups in total. The van der Waals surface area contributed by atoms with Crippen molar-refractivity contribution >= 4 is 5.96 Å². The van der Waals surface area contributed by atoms with Crippen LogP contribution in [0.1, 0.15) is 24.0 Å². The molecule has 0 saturated heterocycles. The monoisotopic (exact) mass is 307 g/mol. The van der Waals surface area contributed by atoms with Crippen LogP contribution in [-0.4, -0.2) is 30.5 Å². The summed E-state index contributed by atoms with van der Waals surface area (Å²) >= 11 is 0. The number of guanidine groups is 1. The molecule has 0 unspecified atom stereocenters. The summed E-state index contributed by atoms with van der Waals surface area (Å²) < 4.78 is 0. The van der Waals surface area contributed by atoms with Crippen LogP contribution in [0.5, 0.6) is 0 Å². The molecule has 0 spiro atoms. The van der Waals surface area contributed by atoms with E-state index >= 15 is 0 Å². The highest BCUT2D eigenvalue weighted by molar-refractivity contribution is 5.80. The molecule has 0 bridgehead atoms. The summed E-state index contributed by atoms with van der Waals surface area (Å²) in [6, 6.07) is 21.2. The van der Waals surface area contributed by atoms with Crippen LogP contribution in [0.2, 0.25) is 0 Å². The topological polar surface area (TPSA) is 27.6 Å². The van der Waals surface area contributed by atoms with Crippen LogP contribution in [-0.2, 0) is 13.0 Å². The van der Waals surface area contributed by atoms with E-state index in [4.69, 9.17) is 0 Å². The highest BCUT2D eigenvalue weighted by Crippen LogP contribution is 2.07. The summed E-state index contributed by atoms with van der Waals surface area (Å²) in [5.41, 5.74) is 2.71. The lowest BCUT2D eigenvalue weighted by atomic mass is 10.1. The van der Waals surface area contributed by atoms with Gasteiger partial charge in [-0.3, -0.25) is 4.99 Å². The van der Waals surface area contributed by atoms with Gasteiger partial charge in [0.15, 0.2) is 5.96 Å². The Morgan fingerprint density at radius 1 is 0.913 bits per heavy atom. The maximum atomic E-state index is 4.68. The fourth-order valence-corrected chi connectivity index (χ4v) is 2.93. The molecule has 1 aliphatic heterocycles. The third-order valence-electron chi connectivity index (χ3n) is 4.18. The van der Waals surface area contributed by atoms with Crippen LogP contribution in [0, 0.1) is 0 Å². The molecule has 0 aromatic heterocycles. The zero-order chi connectivity index (χ0) is 15.7. The Balaban J connectivity index is 1.49. The first-order valence-corrected chi connectivity index (χ1v) is 8.53. The number of hydrogen-bond donors (Lipinski definition) is 1. The van der Waals surface area contributed by atoms with Gasteiger partial charge in [0.2, 0.25) is 0 Å². The van der Waals surface area contributed by atoms with E-state index in [0.717, 1.165) is 51.4 Å². The summed E-state index contributed by atoms with van der Waals surface area (Å²) in [5, 5.41) is 3.51. The molecule has 0 amide bonds. The summed E-state index contributed by atoms with van der Waals surface area (Å²) in [5.74, 6) is 1.06. The van der Waals surface area contributed by atoms with Gasteiger partial charge in [-0.05, 0) is 30.4 Å². The molecule has 23 heavy (non-hydrogen) atoms. The third-order valence-corrected chi connectivity index (χ3v) is 4.18. The second-order valence-electron chi connectivity index (χ2n) is 5.97. The van der Waals surface area contributed by atoms with E-state index in [1.165, 1.54) is 11.1 Å². The molecule has 0 fully saturated rings. The second kappa shape index (κ2) is 8.37. The van der Waals surface area contributed by atoms with Crippen molar-refractivity contribution in [1.29, 1.82) is 0 Å². The third kappa shape index (κ3) is 4.85. The second-order valence-corrected chi connectivity index (χ2v) is 5.97. The van der Waals surface area contributed by atoms with Crippen LogP contribution >= 0.6 is 0 Å². The fourth-order valence-electron chi connectivity index (χ4n) is 2.93. The number of aryl methyl sites for hydroxylation is 1. The van der Waals surface area contributed by atoms with Gasteiger partial charge in [-0.1, -0.05) is 60.7 Å². The van der Waals surface area contributed by atoms with Gasteiger partial charge in [-0.25, -0.2) is 0 Å². The Kier molecular flexibility index (Phi) is 5.68. The van der Waals surface area contributed by atoms with E-state index in [9.17, 15) is 0 Å². The number of hydrogen-bond acceptors (Lipinski definition) is 3. The fraction of sp³-hybridized carbons (Fsp3) is 0.350. The summed E-state index contributed by atoms with van der Waals surface area (Å²) in [7, 11) is 0. The summed E-state index contributed by atoms with van der Waals surface area (Å²) in [6.45, 7) is 3.95. The van der Waals surface area contributed by atoms with Gasteiger partial charge in [0.1, 0.15) is 0 Å². The Bertz CT molecular complexity index is 607. The normalized spacial score (nSPS) is 14.4. The number of nitrogens with zero attached hydrogens (tertiary/aromatic N) is 2. The average molecular weight is 307 g/mol. The molecule has 120 valence electrons. The van der Waals surface area contributed by atoms with Crippen molar-refractivity contribution < 1.29 is 0 Å². The molecular formula is C20H25N3. The van der Waals surface area contributed by atoms with Gasteiger partial charge in [0.25, 0.3) is 0 Å². The van der Waals surface area contributed by atoms with Gasteiger partial charge >= 0.3 is 0 Å². The predicted molar refractivity (Wildman–Crippen MR) is 96.5 cm³/mol. The predicted octanol–water partition coefficient (Wildman–Crippen LogP) is 3.47. The average Bonchev–Trinajstić information content (AvgIpc) is 2.63. The molecule has 0 atom stereocenters. The Hall–Kier alpha value is -2.29. The van der Waals surface area contributed by atoms with Gasteiger partial charge < -0.3 is 10.2 Å². The number of rotatable bonds is 6.